The van der Waals surface area contributed by atoms with Crippen LogP contribution < -0.4 is 0 Å². The molecule has 0 aliphatic rings. The van der Waals surface area contributed by atoms with Crippen LogP contribution in [0.15, 0.2) is 16.6 Å². The standard InChI is InChI=1S/C18H29Br/c1-16(2,3)13-10-12(19)11-14(17(4,5)6)15(13)18(7,8)9/h10-11H,1-9H3. The van der Waals surface area contributed by atoms with E-state index >= 15 is 0 Å². The van der Waals surface area contributed by atoms with E-state index in [1.54, 1.807) is 0 Å². The molecule has 1 aromatic carbocycles. The van der Waals surface area contributed by atoms with Gasteiger partial charge in [-0.25, -0.2) is 0 Å². The first-order valence-corrected chi connectivity index (χ1v) is 7.89. The zero-order chi connectivity index (χ0) is 15.2. The molecule has 108 valence electrons. The Balaban J connectivity index is 3.80. The van der Waals surface area contributed by atoms with Crippen LogP contribution in [-0.2, 0) is 16.2 Å². The van der Waals surface area contributed by atoms with Gasteiger partial charge in [0.25, 0.3) is 0 Å². The van der Waals surface area contributed by atoms with Crippen molar-refractivity contribution in [2.75, 3.05) is 0 Å². The Hall–Kier alpha value is -0.300. The summed E-state index contributed by atoms with van der Waals surface area (Å²) in [6.45, 7) is 20.8. The minimum atomic E-state index is 0.159. The largest absolute Gasteiger partial charge is 0.0561 e. The van der Waals surface area contributed by atoms with E-state index < -0.39 is 0 Å². The number of rotatable bonds is 0. The average Bonchev–Trinajstić information content (AvgIpc) is 2.11. The molecule has 0 spiro atoms. The second-order valence-electron chi connectivity index (χ2n) is 8.63. The van der Waals surface area contributed by atoms with Crippen LogP contribution in [0.1, 0.15) is 79.0 Å². The average molecular weight is 325 g/mol. The number of halogens is 1. The molecule has 0 heterocycles. The number of hydrogen-bond donors (Lipinski definition) is 0. The molecule has 1 aromatic rings. The lowest BCUT2D eigenvalue weighted by Gasteiger charge is -2.36. The summed E-state index contributed by atoms with van der Waals surface area (Å²) in [5.41, 5.74) is 4.90. The maximum atomic E-state index is 3.70. The zero-order valence-electron chi connectivity index (χ0n) is 14.0. The highest BCUT2D eigenvalue weighted by Gasteiger charge is 2.31. The van der Waals surface area contributed by atoms with Gasteiger partial charge in [0.2, 0.25) is 0 Å². The Labute approximate surface area is 128 Å². The highest BCUT2D eigenvalue weighted by Crippen LogP contribution is 2.42. The Bertz CT molecular complexity index is 427. The predicted molar refractivity (Wildman–Crippen MR) is 90.2 cm³/mol. The molecule has 0 unspecified atom stereocenters. The topological polar surface area (TPSA) is 0 Å². The van der Waals surface area contributed by atoms with Gasteiger partial charge in [0, 0.05) is 4.47 Å². The first-order valence-electron chi connectivity index (χ1n) is 7.09. The van der Waals surface area contributed by atoms with Crippen LogP contribution in [0.3, 0.4) is 0 Å². The highest BCUT2D eigenvalue weighted by molar-refractivity contribution is 9.10. The van der Waals surface area contributed by atoms with Crippen LogP contribution in [0.5, 0.6) is 0 Å². The lowest BCUT2D eigenvalue weighted by atomic mass is 9.69. The van der Waals surface area contributed by atoms with Crippen LogP contribution in [-0.4, -0.2) is 0 Å². The van der Waals surface area contributed by atoms with Crippen LogP contribution in [0.4, 0.5) is 0 Å². The quantitative estimate of drug-likeness (QED) is 0.522. The fraction of sp³-hybridized carbons (Fsp3) is 0.667. The van der Waals surface area contributed by atoms with Gasteiger partial charge in [0.1, 0.15) is 0 Å². The van der Waals surface area contributed by atoms with Crippen molar-refractivity contribution in [3.63, 3.8) is 0 Å². The first kappa shape index (κ1) is 16.8. The second kappa shape index (κ2) is 4.91. The Morgan fingerprint density at radius 3 is 1.16 bits per heavy atom. The van der Waals surface area contributed by atoms with Crippen molar-refractivity contribution in [1.82, 2.24) is 0 Å². The van der Waals surface area contributed by atoms with E-state index in [-0.39, 0.29) is 16.2 Å². The lowest BCUT2D eigenvalue weighted by molar-refractivity contribution is 0.497. The summed E-state index contributed by atoms with van der Waals surface area (Å²) >= 11 is 3.70. The van der Waals surface area contributed by atoms with E-state index in [2.05, 4.69) is 90.4 Å². The Morgan fingerprint density at radius 1 is 0.632 bits per heavy atom. The molecule has 0 N–H and O–H groups in total. The van der Waals surface area contributed by atoms with E-state index in [1.807, 2.05) is 0 Å². The third-order valence-electron chi connectivity index (χ3n) is 3.47. The molecule has 19 heavy (non-hydrogen) atoms. The summed E-state index contributed by atoms with van der Waals surface area (Å²) in [5, 5.41) is 0. The highest BCUT2D eigenvalue weighted by atomic mass is 79.9. The predicted octanol–water partition coefficient (Wildman–Crippen LogP) is 6.34. The van der Waals surface area contributed by atoms with Gasteiger partial charge in [0.15, 0.2) is 0 Å². The SMILES string of the molecule is CC(C)(C)c1cc(Br)cc(C(C)(C)C)c1C(C)(C)C. The smallest absolute Gasteiger partial charge is 0.0181 e. The van der Waals surface area contributed by atoms with Gasteiger partial charge in [-0.2, -0.15) is 0 Å². The fourth-order valence-electron chi connectivity index (χ4n) is 2.60. The van der Waals surface area contributed by atoms with Crippen molar-refractivity contribution < 1.29 is 0 Å². The molecule has 0 bridgehead atoms. The molecule has 0 amide bonds. The third-order valence-corrected chi connectivity index (χ3v) is 3.93. The van der Waals surface area contributed by atoms with Gasteiger partial charge < -0.3 is 0 Å². The van der Waals surface area contributed by atoms with Crippen molar-refractivity contribution in [2.24, 2.45) is 0 Å². The molecule has 0 fully saturated rings. The molecule has 0 saturated carbocycles. The zero-order valence-corrected chi connectivity index (χ0v) is 15.6. The monoisotopic (exact) mass is 324 g/mol. The van der Waals surface area contributed by atoms with E-state index in [1.165, 1.54) is 21.2 Å². The van der Waals surface area contributed by atoms with Crippen molar-refractivity contribution >= 4 is 15.9 Å². The van der Waals surface area contributed by atoms with E-state index in [9.17, 15) is 0 Å². The van der Waals surface area contributed by atoms with Gasteiger partial charge in [-0.15, -0.1) is 0 Å². The summed E-state index contributed by atoms with van der Waals surface area (Å²) in [5.74, 6) is 0. The van der Waals surface area contributed by atoms with Crippen molar-refractivity contribution in [2.45, 2.75) is 78.6 Å². The van der Waals surface area contributed by atoms with Crippen LogP contribution in [0.2, 0.25) is 0 Å². The van der Waals surface area contributed by atoms with Crippen molar-refractivity contribution in [3.8, 4) is 0 Å². The van der Waals surface area contributed by atoms with Crippen LogP contribution >= 0.6 is 15.9 Å². The molecule has 0 aliphatic heterocycles. The molecule has 0 aliphatic carbocycles. The maximum Gasteiger partial charge on any atom is 0.0181 e. The summed E-state index contributed by atoms with van der Waals surface area (Å²) in [6, 6.07) is 4.60. The van der Waals surface area contributed by atoms with Gasteiger partial charge in [-0.05, 0) is 45.1 Å². The van der Waals surface area contributed by atoms with Gasteiger partial charge in [0.05, 0.1) is 0 Å². The van der Waals surface area contributed by atoms with Gasteiger partial charge >= 0.3 is 0 Å². The molecule has 1 heteroatoms. The van der Waals surface area contributed by atoms with Crippen molar-refractivity contribution in [1.29, 1.82) is 0 Å². The lowest BCUT2D eigenvalue weighted by Crippen LogP contribution is -2.28. The summed E-state index contributed by atoms with van der Waals surface area (Å²) in [6.07, 6.45) is 0. The summed E-state index contributed by atoms with van der Waals surface area (Å²) in [7, 11) is 0. The van der Waals surface area contributed by atoms with E-state index in [0.717, 1.165) is 0 Å². The van der Waals surface area contributed by atoms with Gasteiger partial charge in [-0.1, -0.05) is 78.2 Å². The Kier molecular flexibility index (Phi) is 4.33. The van der Waals surface area contributed by atoms with Gasteiger partial charge in [-0.3, -0.25) is 0 Å². The normalized spacial score (nSPS) is 13.8. The minimum absolute atomic E-state index is 0.159. The first-order chi connectivity index (χ1) is 8.24. The summed E-state index contributed by atoms with van der Waals surface area (Å²) < 4.78 is 1.19. The molecule has 1 rings (SSSR count). The molecule has 0 radical (unpaired) electrons. The Morgan fingerprint density at radius 2 is 0.947 bits per heavy atom. The molecule has 0 nitrogen and oxygen atoms in total. The van der Waals surface area contributed by atoms with Crippen LogP contribution in [0.25, 0.3) is 0 Å². The molecule has 0 aromatic heterocycles. The maximum absolute atomic E-state index is 3.70. The molecular formula is C18H29Br. The van der Waals surface area contributed by atoms with Crippen LogP contribution in [0, 0.1) is 0 Å². The van der Waals surface area contributed by atoms with E-state index in [0.29, 0.717) is 0 Å². The fourth-order valence-corrected chi connectivity index (χ4v) is 3.06. The van der Waals surface area contributed by atoms with Crippen molar-refractivity contribution in [3.05, 3.63) is 33.3 Å². The summed E-state index contributed by atoms with van der Waals surface area (Å²) in [4.78, 5) is 0. The molecule has 0 saturated heterocycles. The minimum Gasteiger partial charge on any atom is -0.0561 e. The third kappa shape index (κ3) is 3.84. The number of benzene rings is 1. The second-order valence-corrected chi connectivity index (χ2v) is 9.54. The molecular weight excluding hydrogens is 296 g/mol. The molecule has 0 atom stereocenters. The van der Waals surface area contributed by atoms with E-state index in [4.69, 9.17) is 0 Å². The number of hydrogen-bond acceptors (Lipinski definition) is 0.